The Bertz CT molecular complexity index is 1190. The summed E-state index contributed by atoms with van der Waals surface area (Å²) in [5, 5.41) is 5.05. The minimum Gasteiger partial charge on any atom is -0.379 e. The lowest BCUT2D eigenvalue weighted by Gasteiger charge is -2.30. The van der Waals surface area contributed by atoms with Crippen LogP contribution in [0.25, 0.3) is 22.2 Å². The van der Waals surface area contributed by atoms with Crippen LogP contribution >= 0.6 is 11.6 Å². The quantitative estimate of drug-likeness (QED) is 0.367. The van der Waals surface area contributed by atoms with Crippen LogP contribution in [-0.4, -0.2) is 63.6 Å². The second-order valence-corrected chi connectivity index (χ2v) is 8.57. The smallest absolute Gasteiger partial charge is 0.129 e. The normalized spacial score (nSPS) is 15.7. The summed E-state index contributed by atoms with van der Waals surface area (Å²) >= 11 is 6.05. The average Bonchev–Trinajstić information content (AvgIpc) is 3.32. The zero-order valence-corrected chi connectivity index (χ0v) is 19.1. The largest absolute Gasteiger partial charge is 0.379 e. The summed E-state index contributed by atoms with van der Waals surface area (Å²) in [6, 6.07) is 15.9. The third kappa shape index (κ3) is 5.75. The first-order valence-electron chi connectivity index (χ1n) is 11.1. The van der Waals surface area contributed by atoms with Crippen LogP contribution in [0.4, 0.5) is 0 Å². The molecule has 5 rings (SSSR count). The molecule has 1 atom stereocenters. The van der Waals surface area contributed by atoms with E-state index in [0.717, 1.165) is 55.0 Å². The molecular formula is C25H26ClN5O2. The van der Waals surface area contributed by atoms with Gasteiger partial charge in [-0.25, -0.2) is 4.98 Å². The van der Waals surface area contributed by atoms with Crippen molar-refractivity contribution in [3.8, 4) is 11.1 Å². The van der Waals surface area contributed by atoms with E-state index in [2.05, 4.69) is 32.1 Å². The van der Waals surface area contributed by atoms with Crippen LogP contribution in [0.1, 0.15) is 5.56 Å². The number of hydrogen-bond donors (Lipinski definition) is 0. The molecular weight excluding hydrogens is 438 g/mol. The van der Waals surface area contributed by atoms with E-state index in [1.165, 1.54) is 5.56 Å². The topological polar surface area (TPSA) is 65.3 Å². The molecule has 170 valence electrons. The molecule has 0 bridgehead atoms. The lowest BCUT2D eigenvalue weighted by atomic mass is 10.1. The standard InChI is InChI=1S/C25H26ClN5O2/c26-25-7-6-23-24(29-25)12-20(13-27-23)21-14-28-31(15-21)17-22(16-30-8-10-32-11-9-30)33-18-19-4-2-1-3-5-19/h1-7,12-15,22H,8-11,16-18H2. The number of morpholine rings is 1. The van der Waals surface area contributed by atoms with Crippen LogP contribution in [0.5, 0.6) is 0 Å². The van der Waals surface area contributed by atoms with Gasteiger partial charge in [0, 0.05) is 43.2 Å². The van der Waals surface area contributed by atoms with Gasteiger partial charge < -0.3 is 9.47 Å². The van der Waals surface area contributed by atoms with Crippen LogP contribution in [0, 0.1) is 0 Å². The zero-order valence-electron chi connectivity index (χ0n) is 18.3. The molecule has 0 saturated carbocycles. The van der Waals surface area contributed by atoms with Gasteiger partial charge in [-0.2, -0.15) is 5.10 Å². The van der Waals surface area contributed by atoms with E-state index in [9.17, 15) is 0 Å². The van der Waals surface area contributed by atoms with Crippen molar-refractivity contribution in [2.24, 2.45) is 0 Å². The van der Waals surface area contributed by atoms with Crippen molar-refractivity contribution in [1.82, 2.24) is 24.6 Å². The lowest BCUT2D eigenvalue weighted by molar-refractivity contribution is -0.0252. The number of fused-ring (bicyclic) bond motifs is 1. The summed E-state index contributed by atoms with van der Waals surface area (Å²) in [7, 11) is 0. The van der Waals surface area contributed by atoms with Gasteiger partial charge in [0.25, 0.3) is 0 Å². The summed E-state index contributed by atoms with van der Waals surface area (Å²) in [4.78, 5) is 11.3. The number of halogens is 1. The Balaban J connectivity index is 1.31. The molecule has 1 aromatic carbocycles. The molecule has 7 nitrogen and oxygen atoms in total. The number of aromatic nitrogens is 4. The van der Waals surface area contributed by atoms with Crippen molar-refractivity contribution in [2.45, 2.75) is 19.3 Å². The molecule has 0 N–H and O–H groups in total. The molecule has 0 spiro atoms. The molecule has 3 aromatic heterocycles. The zero-order chi connectivity index (χ0) is 22.5. The first-order valence-corrected chi connectivity index (χ1v) is 11.5. The van der Waals surface area contributed by atoms with Crippen molar-refractivity contribution in [3.63, 3.8) is 0 Å². The Kier molecular flexibility index (Phi) is 6.92. The number of ether oxygens (including phenoxy) is 2. The first kappa shape index (κ1) is 22.0. The van der Waals surface area contributed by atoms with Gasteiger partial charge in [-0.3, -0.25) is 14.6 Å². The monoisotopic (exact) mass is 463 g/mol. The minimum atomic E-state index is 0.00579. The lowest BCUT2D eigenvalue weighted by Crippen LogP contribution is -2.42. The van der Waals surface area contributed by atoms with Crippen LogP contribution < -0.4 is 0 Å². The van der Waals surface area contributed by atoms with E-state index in [-0.39, 0.29) is 6.10 Å². The third-order valence-electron chi connectivity index (χ3n) is 5.75. The van der Waals surface area contributed by atoms with E-state index in [4.69, 9.17) is 21.1 Å². The van der Waals surface area contributed by atoms with Gasteiger partial charge in [-0.15, -0.1) is 0 Å². The van der Waals surface area contributed by atoms with Crippen LogP contribution in [-0.2, 0) is 22.6 Å². The van der Waals surface area contributed by atoms with Gasteiger partial charge in [0.05, 0.1) is 49.7 Å². The summed E-state index contributed by atoms with van der Waals surface area (Å²) in [6.07, 6.45) is 5.74. The predicted octanol–water partition coefficient (Wildman–Crippen LogP) is 4.06. The van der Waals surface area contributed by atoms with Gasteiger partial charge in [-0.1, -0.05) is 41.9 Å². The molecule has 1 unspecified atom stereocenters. The number of pyridine rings is 2. The van der Waals surface area contributed by atoms with E-state index in [0.29, 0.717) is 18.3 Å². The van der Waals surface area contributed by atoms with Crippen molar-refractivity contribution in [1.29, 1.82) is 0 Å². The molecule has 33 heavy (non-hydrogen) atoms. The summed E-state index contributed by atoms with van der Waals surface area (Å²) in [5.41, 5.74) is 4.69. The summed E-state index contributed by atoms with van der Waals surface area (Å²) in [5.74, 6) is 0. The van der Waals surface area contributed by atoms with Crippen LogP contribution in [0.15, 0.2) is 67.1 Å². The SMILES string of the molecule is Clc1ccc2ncc(-c3cnn(CC(CN4CCOCC4)OCc4ccccc4)c3)cc2n1. The molecule has 0 radical (unpaired) electrons. The Morgan fingerprint density at radius 1 is 0.970 bits per heavy atom. The molecule has 1 saturated heterocycles. The summed E-state index contributed by atoms with van der Waals surface area (Å²) in [6.45, 7) is 5.46. The number of benzene rings is 1. The minimum absolute atomic E-state index is 0.00579. The maximum atomic E-state index is 6.34. The van der Waals surface area contributed by atoms with Gasteiger partial charge in [-0.05, 0) is 23.8 Å². The van der Waals surface area contributed by atoms with E-state index < -0.39 is 0 Å². The molecule has 4 heterocycles. The van der Waals surface area contributed by atoms with Crippen LogP contribution in [0.2, 0.25) is 5.15 Å². The molecule has 4 aromatic rings. The fourth-order valence-electron chi connectivity index (χ4n) is 3.98. The number of hydrogen-bond acceptors (Lipinski definition) is 6. The first-order chi connectivity index (χ1) is 16.2. The third-order valence-corrected chi connectivity index (χ3v) is 5.97. The van der Waals surface area contributed by atoms with Crippen molar-refractivity contribution >= 4 is 22.6 Å². The van der Waals surface area contributed by atoms with Gasteiger partial charge in [0.1, 0.15) is 5.15 Å². The fraction of sp³-hybridized carbons (Fsp3) is 0.320. The highest BCUT2D eigenvalue weighted by molar-refractivity contribution is 6.29. The van der Waals surface area contributed by atoms with Crippen LogP contribution in [0.3, 0.4) is 0 Å². The second kappa shape index (κ2) is 10.4. The highest BCUT2D eigenvalue weighted by Gasteiger charge is 2.19. The molecule has 0 amide bonds. The molecule has 1 fully saturated rings. The maximum Gasteiger partial charge on any atom is 0.129 e. The van der Waals surface area contributed by atoms with Gasteiger partial charge in [0.15, 0.2) is 0 Å². The highest BCUT2D eigenvalue weighted by Crippen LogP contribution is 2.23. The Hall–Kier alpha value is -2.84. The molecule has 0 aliphatic carbocycles. The average molecular weight is 464 g/mol. The molecule has 1 aliphatic rings. The highest BCUT2D eigenvalue weighted by atomic mass is 35.5. The van der Waals surface area contributed by atoms with Gasteiger partial charge in [0.2, 0.25) is 0 Å². The Morgan fingerprint density at radius 2 is 1.82 bits per heavy atom. The fourth-order valence-corrected chi connectivity index (χ4v) is 4.14. The maximum absolute atomic E-state index is 6.34. The van der Waals surface area contributed by atoms with E-state index in [1.807, 2.05) is 53.6 Å². The number of rotatable bonds is 8. The predicted molar refractivity (Wildman–Crippen MR) is 128 cm³/mol. The van der Waals surface area contributed by atoms with Crippen molar-refractivity contribution in [2.75, 3.05) is 32.8 Å². The van der Waals surface area contributed by atoms with Crippen molar-refractivity contribution < 1.29 is 9.47 Å². The second-order valence-electron chi connectivity index (χ2n) is 8.18. The van der Waals surface area contributed by atoms with E-state index >= 15 is 0 Å². The Morgan fingerprint density at radius 3 is 2.67 bits per heavy atom. The molecule has 1 aliphatic heterocycles. The summed E-state index contributed by atoms with van der Waals surface area (Å²) < 4.78 is 13.8. The van der Waals surface area contributed by atoms with Crippen molar-refractivity contribution in [3.05, 3.63) is 77.8 Å². The molecule has 8 heteroatoms. The Labute approximate surface area is 197 Å². The van der Waals surface area contributed by atoms with E-state index in [1.54, 1.807) is 6.07 Å². The van der Waals surface area contributed by atoms with Gasteiger partial charge >= 0.3 is 0 Å². The number of nitrogens with zero attached hydrogens (tertiary/aromatic N) is 5.